The molecule has 15 heavy (non-hydrogen) atoms. The van der Waals surface area contributed by atoms with Crippen LogP contribution >= 0.6 is 0 Å². The van der Waals surface area contributed by atoms with Crippen molar-refractivity contribution in [2.24, 2.45) is 0 Å². The van der Waals surface area contributed by atoms with Crippen LogP contribution in [0.1, 0.15) is 0 Å². The van der Waals surface area contributed by atoms with Crippen LogP contribution in [-0.2, 0) is 0 Å². The molecule has 2 N–H and O–H groups in total. The van der Waals surface area contributed by atoms with Gasteiger partial charge >= 0.3 is 0 Å². The van der Waals surface area contributed by atoms with Crippen molar-refractivity contribution >= 4 is 5.69 Å². The molecule has 3 heteroatoms. The van der Waals surface area contributed by atoms with Crippen LogP contribution < -0.4 is 5.73 Å². The molecule has 0 aliphatic heterocycles. The molecule has 0 aromatic heterocycles. The van der Waals surface area contributed by atoms with Crippen molar-refractivity contribution in [3.63, 3.8) is 0 Å². The highest BCUT2D eigenvalue weighted by Crippen LogP contribution is 2.23. The highest BCUT2D eigenvalue weighted by Gasteiger charge is 2.01. The zero-order valence-electron chi connectivity index (χ0n) is 7.87. The zero-order valence-corrected chi connectivity index (χ0v) is 7.87. The van der Waals surface area contributed by atoms with Crippen molar-refractivity contribution in [3.05, 3.63) is 54.1 Å². The van der Waals surface area contributed by atoms with Gasteiger partial charge in [0.2, 0.25) is 0 Å². The minimum atomic E-state index is -0.394. The number of rotatable bonds is 1. The fourth-order valence-corrected chi connectivity index (χ4v) is 1.42. The number of benzene rings is 2. The number of nitrogen functional groups attached to an aromatic ring is 1. The second-order valence-electron chi connectivity index (χ2n) is 3.28. The Morgan fingerprint density at radius 1 is 0.733 bits per heavy atom. The largest absolute Gasteiger partial charge is 0.399 e. The maximum atomic E-state index is 13.0. The van der Waals surface area contributed by atoms with Crippen LogP contribution in [0.4, 0.5) is 14.5 Å². The van der Waals surface area contributed by atoms with Crippen molar-refractivity contribution in [2.75, 3.05) is 5.73 Å². The van der Waals surface area contributed by atoms with Crippen molar-refractivity contribution < 1.29 is 8.78 Å². The SMILES string of the molecule is Nc1cc(F)cc(-c2ccc(F)cc2)c1. The van der Waals surface area contributed by atoms with Gasteiger partial charge in [-0.2, -0.15) is 0 Å². The average molecular weight is 205 g/mol. The van der Waals surface area contributed by atoms with E-state index in [9.17, 15) is 8.78 Å². The van der Waals surface area contributed by atoms with Gasteiger partial charge in [0.15, 0.2) is 0 Å². The standard InChI is InChI=1S/C12H9F2N/c13-10-3-1-8(2-4-10)9-5-11(14)7-12(15)6-9/h1-7H,15H2. The monoisotopic (exact) mass is 205 g/mol. The minimum Gasteiger partial charge on any atom is -0.399 e. The van der Waals surface area contributed by atoms with E-state index in [0.29, 0.717) is 11.3 Å². The Labute approximate surface area is 86.2 Å². The summed E-state index contributed by atoms with van der Waals surface area (Å²) in [5.41, 5.74) is 7.25. The fraction of sp³-hybridized carbons (Fsp3) is 0. The minimum absolute atomic E-state index is 0.317. The summed E-state index contributed by atoms with van der Waals surface area (Å²) < 4.78 is 25.7. The van der Waals surface area contributed by atoms with Crippen LogP contribution in [0.25, 0.3) is 11.1 Å². The van der Waals surface area contributed by atoms with Gasteiger partial charge in [0, 0.05) is 5.69 Å². The molecular weight excluding hydrogens is 196 g/mol. The molecule has 0 heterocycles. The number of halogens is 2. The molecule has 0 aliphatic rings. The predicted molar refractivity (Wildman–Crippen MR) is 56.2 cm³/mol. The lowest BCUT2D eigenvalue weighted by Crippen LogP contribution is -1.88. The molecule has 76 valence electrons. The third-order valence-electron chi connectivity index (χ3n) is 2.10. The average Bonchev–Trinajstić information content (AvgIpc) is 2.17. The van der Waals surface area contributed by atoms with Gasteiger partial charge in [0.25, 0.3) is 0 Å². The zero-order chi connectivity index (χ0) is 10.8. The molecule has 0 spiro atoms. The molecule has 0 fully saturated rings. The molecule has 2 aromatic rings. The van der Waals surface area contributed by atoms with E-state index in [2.05, 4.69) is 0 Å². The molecule has 0 atom stereocenters. The lowest BCUT2D eigenvalue weighted by atomic mass is 10.1. The van der Waals surface area contributed by atoms with Crippen molar-refractivity contribution in [2.45, 2.75) is 0 Å². The Hall–Kier alpha value is -1.90. The molecule has 0 bridgehead atoms. The van der Waals surface area contributed by atoms with Crippen LogP contribution in [0, 0.1) is 11.6 Å². The summed E-state index contributed by atoms with van der Waals surface area (Å²) in [6.07, 6.45) is 0. The number of anilines is 1. The van der Waals surface area contributed by atoms with Crippen LogP contribution in [0.2, 0.25) is 0 Å². The molecular formula is C12H9F2N. The maximum Gasteiger partial charge on any atom is 0.125 e. The lowest BCUT2D eigenvalue weighted by molar-refractivity contribution is 0.627. The molecule has 0 saturated carbocycles. The van der Waals surface area contributed by atoms with Gasteiger partial charge in [-0.15, -0.1) is 0 Å². The van der Waals surface area contributed by atoms with Crippen molar-refractivity contribution in [1.29, 1.82) is 0 Å². The third-order valence-corrected chi connectivity index (χ3v) is 2.10. The molecule has 0 unspecified atom stereocenters. The normalized spacial score (nSPS) is 10.3. The molecule has 0 saturated heterocycles. The van der Waals surface area contributed by atoms with Gasteiger partial charge in [-0.25, -0.2) is 8.78 Å². The topological polar surface area (TPSA) is 26.0 Å². The van der Waals surface area contributed by atoms with E-state index < -0.39 is 5.82 Å². The number of hydrogen-bond donors (Lipinski definition) is 1. The lowest BCUT2D eigenvalue weighted by Gasteiger charge is -2.03. The van der Waals surface area contributed by atoms with Crippen LogP contribution in [0.3, 0.4) is 0 Å². The van der Waals surface area contributed by atoms with E-state index in [1.807, 2.05) is 0 Å². The van der Waals surface area contributed by atoms with Crippen LogP contribution in [0.5, 0.6) is 0 Å². The summed E-state index contributed by atoms with van der Waals surface area (Å²) in [6.45, 7) is 0. The van der Waals surface area contributed by atoms with Crippen molar-refractivity contribution in [1.82, 2.24) is 0 Å². The summed E-state index contributed by atoms with van der Waals surface area (Å²) in [4.78, 5) is 0. The van der Waals surface area contributed by atoms with Gasteiger partial charge in [0.05, 0.1) is 0 Å². The molecule has 0 amide bonds. The number of nitrogens with two attached hydrogens (primary N) is 1. The predicted octanol–water partition coefficient (Wildman–Crippen LogP) is 3.21. The molecule has 0 aliphatic carbocycles. The summed E-state index contributed by atoms with van der Waals surface area (Å²) in [5.74, 6) is -0.711. The first kappa shape index (κ1) is 9.65. The van der Waals surface area contributed by atoms with Crippen LogP contribution in [0.15, 0.2) is 42.5 Å². The molecule has 2 aromatic carbocycles. The Bertz CT molecular complexity index is 457. The van der Waals surface area contributed by atoms with Gasteiger partial charge in [-0.3, -0.25) is 0 Å². The van der Waals surface area contributed by atoms with E-state index in [0.717, 1.165) is 5.56 Å². The fourth-order valence-electron chi connectivity index (χ4n) is 1.42. The summed E-state index contributed by atoms with van der Waals surface area (Å²) in [5, 5.41) is 0. The van der Waals surface area contributed by atoms with Gasteiger partial charge < -0.3 is 5.73 Å². The van der Waals surface area contributed by atoms with E-state index in [1.165, 1.54) is 24.3 Å². The highest BCUT2D eigenvalue weighted by molar-refractivity contribution is 5.67. The van der Waals surface area contributed by atoms with Crippen molar-refractivity contribution in [3.8, 4) is 11.1 Å². The Balaban J connectivity index is 2.49. The maximum absolute atomic E-state index is 13.0. The highest BCUT2D eigenvalue weighted by atomic mass is 19.1. The molecule has 1 nitrogen and oxygen atoms in total. The first-order valence-corrected chi connectivity index (χ1v) is 4.47. The van der Waals surface area contributed by atoms with E-state index in [4.69, 9.17) is 5.73 Å². The number of hydrogen-bond acceptors (Lipinski definition) is 1. The Morgan fingerprint density at radius 2 is 1.40 bits per heavy atom. The summed E-state index contributed by atoms with van der Waals surface area (Å²) >= 11 is 0. The summed E-state index contributed by atoms with van der Waals surface area (Å²) in [6, 6.07) is 10.1. The van der Waals surface area contributed by atoms with Gasteiger partial charge in [0.1, 0.15) is 11.6 Å². The second-order valence-corrected chi connectivity index (χ2v) is 3.28. The van der Waals surface area contributed by atoms with E-state index in [-0.39, 0.29) is 5.82 Å². The smallest absolute Gasteiger partial charge is 0.125 e. The third kappa shape index (κ3) is 2.13. The first-order chi connectivity index (χ1) is 7.15. The molecule has 2 rings (SSSR count). The van der Waals surface area contributed by atoms with Gasteiger partial charge in [-0.05, 0) is 41.5 Å². The Kier molecular flexibility index (Phi) is 2.37. The second kappa shape index (κ2) is 3.69. The first-order valence-electron chi connectivity index (χ1n) is 4.47. The quantitative estimate of drug-likeness (QED) is 0.711. The van der Waals surface area contributed by atoms with E-state index in [1.54, 1.807) is 18.2 Å². The summed E-state index contributed by atoms with van der Waals surface area (Å²) in [7, 11) is 0. The molecule has 0 radical (unpaired) electrons. The van der Waals surface area contributed by atoms with Gasteiger partial charge in [-0.1, -0.05) is 12.1 Å². The Morgan fingerprint density at radius 3 is 2.00 bits per heavy atom. The van der Waals surface area contributed by atoms with Crippen LogP contribution in [-0.4, -0.2) is 0 Å². The van der Waals surface area contributed by atoms with E-state index >= 15 is 0 Å².